The summed E-state index contributed by atoms with van der Waals surface area (Å²) in [6.45, 7) is 0.399. The molecule has 1 aliphatic heterocycles. The molecule has 6 nitrogen and oxygen atoms in total. The lowest BCUT2D eigenvalue weighted by atomic mass is 9.93. The van der Waals surface area contributed by atoms with E-state index in [4.69, 9.17) is 4.18 Å². The van der Waals surface area contributed by atoms with Gasteiger partial charge in [-0.3, -0.25) is 4.18 Å². The summed E-state index contributed by atoms with van der Waals surface area (Å²) in [4.78, 5) is 12.7. The molecule has 0 radical (unpaired) electrons. The molecule has 1 aromatic carbocycles. The number of rotatable bonds is 4. The van der Waals surface area contributed by atoms with Crippen LogP contribution in [0.5, 0.6) is 0 Å². The molecular weight excluding hydrogens is 294 g/mol. The van der Waals surface area contributed by atoms with Gasteiger partial charge in [-0.15, -0.1) is 0 Å². The smallest absolute Gasteiger partial charge is 0.407 e. The molecule has 1 fully saturated rings. The summed E-state index contributed by atoms with van der Waals surface area (Å²) in [5.74, 6) is 0. The van der Waals surface area contributed by atoms with Crippen LogP contribution in [0.3, 0.4) is 0 Å². The molecule has 0 aliphatic carbocycles. The number of piperidine rings is 1. The number of carboxylic acid groups (broad SMARTS) is 1. The van der Waals surface area contributed by atoms with Crippen LogP contribution in [0, 0.1) is 0 Å². The predicted octanol–water partition coefficient (Wildman–Crippen LogP) is 1.72. The zero-order valence-electron chi connectivity index (χ0n) is 11.8. The minimum Gasteiger partial charge on any atom is -0.465 e. The van der Waals surface area contributed by atoms with Crippen molar-refractivity contribution in [3.63, 3.8) is 0 Å². The van der Waals surface area contributed by atoms with Crippen molar-refractivity contribution in [2.45, 2.75) is 31.4 Å². The highest BCUT2D eigenvalue weighted by molar-refractivity contribution is 7.86. The number of amides is 1. The normalized spacial score (nSPS) is 23.0. The first-order valence-corrected chi connectivity index (χ1v) is 8.60. The van der Waals surface area contributed by atoms with Gasteiger partial charge in [-0.05, 0) is 24.8 Å². The van der Waals surface area contributed by atoms with E-state index in [0.717, 1.165) is 11.8 Å². The van der Waals surface area contributed by atoms with Gasteiger partial charge in [0, 0.05) is 6.54 Å². The lowest BCUT2D eigenvalue weighted by Crippen LogP contribution is -2.53. The van der Waals surface area contributed by atoms with E-state index in [-0.39, 0.29) is 0 Å². The van der Waals surface area contributed by atoms with E-state index in [9.17, 15) is 18.3 Å². The standard InChI is InChI=1S/C14H19NO5S/c1-21(18,19)20-13-8-5-9-15(14(16)17)12(13)10-11-6-3-2-4-7-11/h2-4,6-7,12-13H,5,8-10H2,1H3,(H,16,17). The minimum atomic E-state index is -3.62. The second-order valence-electron chi connectivity index (χ2n) is 5.21. The Hall–Kier alpha value is -1.60. The third kappa shape index (κ3) is 4.44. The molecule has 7 heteroatoms. The molecule has 116 valence electrons. The van der Waals surface area contributed by atoms with E-state index in [0.29, 0.717) is 25.8 Å². The third-order valence-corrected chi connectivity index (χ3v) is 4.15. The van der Waals surface area contributed by atoms with Crippen molar-refractivity contribution in [1.82, 2.24) is 4.90 Å². The Kier molecular flexibility index (Phi) is 4.84. The SMILES string of the molecule is CS(=O)(=O)OC1CCCN(C(=O)O)C1Cc1ccccc1. The fraction of sp³-hybridized carbons (Fsp3) is 0.500. The van der Waals surface area contributed by atoms with Crippen LogP contribution in [-0.4, -0.2) is 49.5 Å². The van der Waals surface area contributed by atoms with Crippen molar-refractivity contribution >= 4 is 16.2 Å². The number of hydrogen-bond acceptors (Lipinski definition) is 4. The lowest BCUT2D eigenvalue weighted by molar-refractivity contribution is 0.0338. The molecule has 21 heavy (non-hydrogen) atoms. The van der Waals surface area contributed by atoms with Crippen LogP contribution >= 0.6 is 0 Å². The summed E-state index contributed by atoms with van der Waals surface area (Å²) in [6.07, 6.45) is 0.883. The summed E-state index contributed by atoms with van der Waals surface area (Å²) in [6, 6.07) is 8.92. The van der Waals surface area contributed by atoms with Gasteiger partial charge in [0.05, 0.1) is 18.4 Å². The van der Waals surface area contributed by atoms with Crippen molar-refractivity contribution in [3.8, 4) is 0 Å². The highest BCUT2D eigenvalue weighted by atomic mass is 32.2. The highest BCUT2D eigenvalue weighted by Gasteiger charge is 2.36. The largest absolute Gasteiger partial charge is 0.465 e. The molecule has 1 aliphatic rings. The second kappa shape index (κ2) is 6.44. The molecule has 1 aromatic rings. The van der Waals surface area contributed by atoms with Gasteiger partial charge in [-0.2, -0.15) is 8.42 Å². The monoisotopic (exact) mass is 313 g/mol. The summed E-state index contributed by atoms with van der Waals surface area (Å²) in [7, 11) is -3.62. The highest BCUT2D eigenvalue weighted by Crippen LogP contribution is 2.25. The van der Waals surface area contributed by atoms with Gasteiger partial charge in [-0.25, -0.2) is 4.79 Å². The van der Waals surface area contributed by atoms with Crippen LogP contribution in [0.25, 0.3) is 0 Å². The summed E-state index contributed by atoms with van der Waals surface area (Å²) in [5, 5.41) is 9.32. The van der Waals surface area contributed by atoms with E-state index >= 15 is 0 Å². The summed E-state index contributed by atoms with van der Waals surface area (Å²) >= 11 is 0. The Morgan fingerprint density at radius 2 is 2.05 bits per heavy atom. The topological polar surface area (TPSA) is 83.9 Å². The second-order valence-corrected chi connectivity index (χ2v) is 6.81. The van der Waals surface area contributed by atoms with Crippen LogP contribution in [-0.2, 0) is 20.7 Å². The number of likely N-dealkylation sites (tertiary alicyclic amines) is 1. The molecule has 0 saturated carbocycles. The molecule has 0 spiro atoms. The van der Waals surface area contributed by atoms with Crippen LogP contribution in [0.15, 0.2) is 30.3 Å². The fourth-order valence-corrected chi connectivity index (χ4v) is 3.37. The Labute approximate surface area is 124 Å². The van der Waals surface area contributed by atoms with Gasteiger partial charge in [-0.1, -0.05) is 30.3 Å². The quantitative estimate of drug-likeness (QED) is 0.856. The molecule has 2 rings (SSSR count). The molecule has 0 bridgehead atoms. The van der Waals surface area contributed by atoms with E-state index in [1.807, 2.05) is 30.3 Å². The molecule has 0 aromatic heterocycles. The molecule has 1 amide bonds. The van der Waals surface area contributed by atoms with Crippen molar-refractivity contribution in [2.24, 2.45) is 0 Å². The van der Waals surface area contributed by atoms with Crippen LogP contribution in [0.1, 0.15) is 18.4 Å². The molecule has 2 unspecified atom stereocenters. The lowest BCUT2D eigenvalue weighted by Gasteiger charge is -2.38. The summed E-state index contributed by atoms with van der Waals surface area (Å²) in [5.41, 5.74) is 0.956. The van der Waals surface area contributed by atoms with Gasteiger partial charge in [0.15, 0.2) is 0 Å². The number of nitrogens with zero attached hydrogens (tertiary/aromatic N) is 1. The van der Waals surface area contributed by atoms with E-state index < -0.39 is 28.4 Å². The number of hydrogen-bond donors (Lipinski definition) is 1. The van der Waals surface area contributed by atoms with Crippen molar-refractivity contribution in [1.29, 1.82) is 0 Å². The van der Waals surface area contributed by atoms with Crippen LogP contribution in [0.4, 0.5) is 4.79 Å². The van der Waals surface area contributed by atoms with Gasteiger partial charge in [0.25, 0.3) is 10.1 Å². The fourth-order valence-electron chi connectivity index (χ4n) is 2.69. The zero-order chi connectivity index (χ0) is 15.5. The zero-order valence-corrected chi connectivity index (χ0v) is 12.6. The number of carbonyl (C=O) groups is 1. The Balaban J connectivity index is 2.23. The molecule has 1 heterocycles. The maximum Gasteiger partial charge on any atom is 0.407 e. The van der Waals surface area contributed by atoms with Gasteiger partial charge >= 0.3 is 6.09 Å². The maximum atomic E-state index is 11.4. The van der Waals surface area contributed by atoms with Gasteiger partial charge in [0.1, 0.15) is 0 Å². The van der Waals surface area contributed by atoms with Crippen molar-refractivity contribution in [2.75, 3.05) is 12.8 Å². The first-order valence-electron chi connectivity index (χ1n) is 6.78. The van der Waals surface area contributed by atoms with Crippen molar-refractivity contribution in [3.05, 3.63) is 35.9 Å². The molecule has 2 atom stereocenters. The number of benzene rings is 1. The molecule has 1 saturated heterocycles. The molecule has 1 N–H and O–H groups in total. The van der Waals surface area contributed by atoms with Crippen molar-refractivity contribution < 1.29 is 22.5 Å². The first kappa shape index (κ1) is 15.8. The van der Waals surface area contributed by atoms with Crippen LogP contribution < -0.4 is 0 Å². The third-order valence-electron chi connectivity index (χ3n) is 3.55. The average Bonchev–Trinajstić information content (AvgIpc) is 2.40. The van der Waals surface area contributed by atoms with Gasteiger partial charge in [0.2, 0.25) is 0 Å². The van der Waals surface area contributed by atoms with Gasteiger partial charge < -0.3 is 10.0 Å². The Bertz CT molecular complexity index is 587. The first-order chi connectivity index (χ1) is 9.87. The van der Waals surface area contributed by atoms with E-state index in [1.54, 1.807) is 0 Å². The Morgan fingerprint density at radius 1 is 1.38 bits per heavy atom. The average molecular weight is 313 g/mol. The summed E-state index contributed by atoms with van der Waals surface area (Å²) < 4.78 is 27.9. The molecular formula is C14H19NO5S. The van der Waals surface area contributed by atoms with E-state index in [1.165, 1.54) is 4.90 Å². The Morgan fingerprint density at radius 3 is 2.62 bits per heavy atom. The maximum absolute atomic E-state index is 11.4. The minimum absolute atomic E-state index is 0.399. The van der Waals surface area contributed by atoms with Crippen LogP contribution in [0.2, 0.25) is 0 Å². The van der Waals surface area contributed by atoms with E-state index in [2.05, 4.69) is 0 Å². The predicted molar refractivity (Wildman–Crippen MR) is 77.6 cm³/mol.